The normalized spacial score (nSPS) is 10.6. The smallest absolute Gasteiger partial charge is 0.221 e. The second kappa shape index (κ2) is 6.10. The molecule has 1 N–H and O–H groups in total. The van der Waals surface area contributed by atoms with Crippen LogP contribution in [0, 0.1) is 17.1 Å². The first-order valence-electron chi connectivity index (χ1n) is 5.86. The molecule has 5 heteroatoms. The Morgan fingerprint density at radius 1 is 1.32 bits per heavy atom. The van der Waals surface area contributed by atoms with Crippen molar-refractivity contribution in [3.05, 3.63) is 35.6 Å². The molecule has 0 saturated carbocycles. The van der Waals surface area contributed by atoms with Gasteiger partial charge in [0.25, 0.3) is 0 Å². The predicted molar refractivity (Wildman–Crippen MR) is 67.8 cm³/mol. The Hall–Kier alpha value is -2.22. The van der Waals surface area contributed by atoms with Gasteiger partial charge in [0.05, 0.1) is 11.6 Å². The second-order valence-corrected chi connectivity index (χ2v) is 4.69. The average molecular weight is 262 g/mol. The minimum absolute atomic E-state index is 0.0187. The van der Waals surface area contributed by atoms with E-state index in [1.165, 1.54) is 18.2 Å². The number of nitriles is 1. The Balaban J connectivity index is 2.55. The lowest BCUT2D eigenvalue weighted by molar-refractivity contribution is -0.122. The minimum Gasteiger partial charge on any atom is -0.338 e. The van der Waals surface area contributed by atoms with Crippen molar-refractivity contribution in [1.82, 2.24) is 5.32 Å². The van der Waals surface area contributed by atoms with Crippen molar-refractivity contribution in [3.8, 4) is 6.07 Å². The molecule has 0 radical (unpaired) electrons. The van der Waals surface area contributed by atoms with Gasteiger partial charge in [-0.3, -0.25) is 9.59 Å². The van der Waals surface area contributed by atoms with Crippen LogP contribution in [-0.4, -0.2) is 17.2 Å². The van der Waals surface area contributed by atoms with Gasteiger partial charge in [-0.15, -0.1) is 0 Å². The highest BCUT2D eigenvalue weighted by Crippen LogP contribution is 2.10. The van der Waals surface area contributed by atoms with Crippen LogP contribution in [0.5, 0.6) is 0 Å². The number of carbonyl (C=O) groups is 2. The van der Waals surface area contributed by atoms with Crippen LogP contribution in [0.25, 0.3) is 0 Å². The first kappa shape index (κ1) is 14.8. The van der Waals surface area contributed by atoms with Gasteiger partial charge in [-0.1, -0.05) is 12.1 Å². The standard InChI is InChI=1S/C14H15FN2O2/c1-14(2,9-16)17-13(19)8-7-12(18)10-5-3-4-6-11(10)15/h3-6H,7-8H2,1-2H3,(H,17,19). The SMILES string of the molecule is CC(C)(C#N)NC(=O)CCC(=O)c1ccccc1F. The van der Waals surface area contributed by atoms with E-state index in [0.29, 0.717) is 0 Å². The van der Waals surface area contributed by atoms with Crippen LogP contribution in [0.3, 0.4) is 0 Å². The summed E-state index contributed by atoms with van der Waals surface area (Å²) in [7, 11) is 0. The van der Waals surface area contributed by atoms with Gasteiger partial charge in [0.15, 0.2) is 5.78 Å². The summed E-state index contributed by atoms with van der Waals surface area (Å²) in [5.74, 6) is -1.43. The molecule has 19 heavy (non-hydrogen) atoms. The molecule has 0 aliphatic carbocycles. The predicted octanol–water partition coefficient (Wildman–Crippen LogP) is 2.21. The molecule has 1 rings (SSSR count). The highest BCUT2D eigenvalue weighted by atomic mass is 19.1. The molecule has 1 aromatic rings. The molecule has 0 aliphatic rings. The van der Waals surface area contributed by atoms with Crippen molar-refractivity contribution in [3.63, 3.8) is 0 Å². The van der Waals surface area contributed by atoms with E-state index in [-0.39, 0.29) is 18.4 Å². The number of nitrogens with zero attached hydrogens (tertiary/aromatic N) is 1. The number of hydrogen-bond acceptors (Lipinski definition) is 3. The van der Waals surface area contributed by atoms with Crippen molar-refractivity contribution in [2.45, 2.75) is 32.2 Å². The Morgan fingerprint density at radius 2 is 1.95 bits per heavy atom. The number of Topliss-reactive ketones (excluding diaryl/α,β-unsaturated/α-hetero) is 1. The minimum atomic E-state index is -0.974. The lowest BCUT2D eigenvalue weighted by Crippen LogP contribution is -2.42. The monoisotopic (exact) mass is 262 g/mol. The van der Waals surface area contributed by atoms with E-state index in [2.05, 4.69) is 5.32 Å². The molecule has 1 amide bonds. The summed E-state index contributed by atoms with van der Waals surface area (Å²) in [5, 5.41) is 11.2. The van der Waals surface area contributed by atoms with E-state index < -0.39 is 23.0 Å². The molecule has 0 spiro atoms. The van der Waals surface area contributed by atoms with Gasteiger partial charge in [0.2, 0.25) is 5.91 Å². The Morgan fingerprint density at radius 3 is 2.53 bits per heavy atom. The first-order chi connectivity index (χ1) is 8.85. The molecular formula is C14H15FN2O2. The first-order valence-corrected chi connectivity index (χ1v) is 5.86. The zero-order chi connectivity index (χ0) is 14.5. The van der Waals surface area contributed by atoms with Crippen LogP contribution >= 0.6 is 0 Å². The number of ketones is 1. The van der Waals surface area contributed by atoms with E-state index in [0.717, 1.165) is 0 Å². The summed E-state index contributed by atoms with van der Waals surface area (Å²) in [4.78, 5) is 23.3. The average Bonchev–Trinajstić information content (AvgIpc) is 2.36. The Kier molecular flexibility index (Phi) is 4.76. The van der Waals surface area contributed by atoms with E-state index in [9.17, 15) is 14.0 Å². The fourth-order valence-corrected chi connectivity index (χ4v) is 1.49. The van der Waals surface area contributed by atoms with Crippen molar-refractivity contribution in [2.24, 2.45) is 0 Å². The van der Waals surface area contributed by atoms with Crippen molar-refractivity contribution >= 4 is 11.7 Å². The van der Waals surface area contributed by atoms with E-state index >= 15 is 0 Å². The van der Waals surface area contributed by atoms with E-state index in [1.54, 1.807) is 19.9 Å². The number of rotatable bonds is 5. The molecule has 1 aromatic carbocycles. The highest BCUT2D eigenvalue weighted by molar-refractivity contribution is 5.98. The fourth-order valence-electron chi connectivity index (χ4n) is 1.49. The summed E-state index contributed by atoms with van der Waals surface area (Å²) in [6.07, 6.45) is -0.160. The van der Waals surface area contributed by atoms with Gasteiger partial charge in [-0.05, 0) is 26.0 Å². The molecule has 0 saturated heterocycles. The third-order valence-electron chi connectivity index (χ3n) is 2.48. The van der Waals surface area contributed by atoms with Crippen LogP contribution in [0.15, 0.2) is 24.3 Å². The molecular weight excluding hydrogens is 247 g/mol. The van der Waals surface area contributed by atoms with Crippen LogP contribution in [-0.2, 0) is 4.79 Å². The number of halogens is 1. The zero-order valence-electron chi connectivity index (χ0n) is 10.9. The lowest BCUT2D eigenvalue weighted by Gasteiger charge is -2.17. The summed E-state index contributed by atoms with van der Waals surface area (Å²) in [6, 6.07) is 7.57. The van der Waals surface area contributed by atoms with Crippen molar-refractivity contribution < 1.29 is 14.0 Å². The van der Waals surface area contributed by atoms with E-state index in [4.69, 9.17) is 5.26 Å². The number of hydrogen-bond donors (Lipinski definition) is 1. The molecule has 4 nitrogen and oxygen atoms in total. The highest BCUT2D eigenvalue weighted by Gasteiger charge is 2.20. The fraction of sp³-hybridized carbons (Fsp3) is 0.357. The van der Waals surface area contributed by atoms with E-state index in [1.807, 2.05) is 6.07 Å². The lowest BCUT2D eigenvalue weighted by atomic mass is 10.0. The van der Waals surface area contributed by atoms with Gasteiger partial charge in [-0.2, -0.15) is 5.26 Å². The maximum Gasteiger partial charge on any atom is 0.221 e. The maximum atomic E-state index is 13.3. The third-order valence-corrected chi connectivity index (χ3v) is 2.48. The Labute approximate surface area is 111 Å². The molecule has 0 heterocycles. The number of nitrogens with one attached hydrogen (secondary N) is 1. The molecule has 0 aromatic heterocycles. The number of benzene rings is 1. The van der Waals surface area contributed by atoms with Crippen LogP contribution in [0.1, 0.15) is 37.0 Å². The summed E-state index contributed by atoms with van der Waals surface area (Å²) < 4.78 is 13.3. The molecule has 0 unspecified atom stereocenters. The number of amides is 1. The molecule has 100 valence electrons. The van der Waals surface area contributed by atoms with Gasteiger partial charge in [0, 0.05) is 12.8 Å². The van der Waals surface area contributed by atoms with Gasteiger partial charge >= 0.3 is 0 Å². The molecule has 0 atom stereocenters. The van der Waals surface area contributed by atoms with Crippen LogP contribution in [0.2, 0.25) is 0 Å². The van der Waals surface area contributed by atoms with Crippen LogP contribution in [0.4, 0.5) is 4.39 Å². The van der Waals surface area contributed by atoms with Gasteiger partial charge in [-0.25, -0.2) is 4.39 Å². The summed E-state index contributed by atoms with van der Waals surface area (Å²) in [6.45, 7) is 3.12. The van der Waals surface area contributed by atoms with Crippen molar-refractivity contribution in [1.29, 1.82) is 5.26 Å². The molecule has 0 aliphatic heterocycles. The van der Waals surface area contributed by atoms with Crippen LogP contribution < -0.4 is 5.32 Å². The summed E-state index contributed by atoms with van der Waals surface area (Å²) in [5.41, 5.74) is -0.993. The quantitative estimate of drug-likeness (QED) is 0.827. The third kappa shape index (κ3) is 4.51. The van der Waals surface area contributed by atoms with Gasteiger partial charge in [0.1, 0.15) is 11.4 Å². The van der Waals surface area contributed by atoms with Gasteiger partial charge < -0.3 is 5.32 Å². The molecule has 0 fully saturated rings. The second-order valence-electron chi connectivity index (χ2n) is 4.69. The number of carbonyl (C=O) groups excluding carboxylic acids is 2. The zero-order valence-corrected chi connectivity index (χ0v) is 10.9. The largest absolute Gasteiger partial charge is 0.338 e. The van der Waals surface area contributed by atoms with Crippen molar-refractivity contribution in [2.75, 3.05) is 0 Å². The summed E-state index contributed by atoms with van der Waals surface area (Å²) >= 11 is 0. The topological polar surface area (TPSA) is 70.0 Å². The Bertz CT molecular complexity index is 532. The molecule has 0 bridgehead atoms. The maximum absolute atomic E-state index is 13.3.